The second-order valence-corrected chi connectivity index (χ2v) is 8.37. The number of benzene rings is 1. The van der Waals surface area contributed by atoms with Crippen LogP contribution in [0.5, 0.6) is 0 Å². The van der Waals surface area contributed by atoms with Crippen LogP contribution in [0, 0.1) is 0 Å². The predicted molar refractivity (Wildman–Crippen MR) is 125 cm³/mol. The molecule has 0 amide bonds. The van der Waals surface area contributed by atoms with Crippen LogP contribution >= 0.6 is 35.3 Å². The van der Waals surface area contributed by atoms with E-state index in [4.69, 9.17) is 0 Å². The molecule has 26 heavy (non-hydrogen) atoms. The molecule has 0 bridgehead atoms. The van der Waals surface area contributed by atoms with Crippen LogP contribution in [0.25, 0.3) is 0 Å². The standard InChI is InChI=1S/C19H27N3OS2.HI/c1-3-20-19(22(2)13-11-18-10-7-14-24-18)21-12-15-25(23)16-17-8-5-4-6-9-17;/h4-10,14H,3,11-13,15-16H2,1-2H3,(H,20,21);1H. The monoisotopic (exact) mass is 505 g/mol. The molecule has 1 aromatic carbocycles. The highest BCUT2D eigenvalue weighted by molar-refractivity contribution is 14.0. The van der Waals surface area contributed by atoms with E-state index in [1.807, 2.05) is 30.3 Å². The summed E-state index contributed by atoms with van der Waals surface area (Å²) in [7, 11) is 1.17. The molecule has 0 radical (unpaired) electrons. The topological polar surface area (TPSA) is 44.7 Å². The average Bonchev–Trinajstić information content (AvgIpc) is 3.13. The lowest BCUT2D eigenvalue weighted by Crippen LogP contribution is -2.40. The van der Waals surface area contributed by atoms with Gasteiger partial charge < -0.3 is 10.2 Å². The fourth-order valence-electron chi connectivity index (χ4n) is 2.39. The van der Waals surface area contributed by atoms with Gasteiger partial charge in [0.25, 0.3) is 0 Å². The highest BCUT2D eigenvalue weighted by Crippen LogP contribution is 2.09. The maximum absolute atomic E-state index is 12.2. The quantitative estimate of drug-likeness (QED) is 0.321. The molecule has 7 heteroatoms. The van der Waals surface area contributed by atoms with Gasteiger partial charge in [0.05, 0.1) is 6.54 Å². The van der Waals surface area contributed by atoms with Crippen LogP contribution in [0.3, 0.4) is 0 Å². The van der Waals surface area contributed by atoms with Gasteiger partial charge in [-0.1, -0.05) is 36.4 Å². The Bertz CT molecular complexity index is 663. The van der Waals surface area contributed by atoms with Crippen molar-refractivity contribution >= 4 is 52.1 Å². The summed E-state index contributed by atoms with van der Waals surface area (Å²) in [5.74, 6) is 2.07. The smallest absolute Gasteiger partial charge is 0.193 e. The summed E-state index contributed by atoms with van der Waals surface area (Å²) in [5, 5.41) is 5.42. The van der Waals surface area contributed by atoms with E-state index in [2.05, 4.69) is 46.7 Å². The van der Waals surface area contributed by atoms with Crippen LogP contribution in [0.2, 0.25) is 0 Å². The SMILES string of the molecule is CCNC(=NCCS(=O)Cc1ccccc1)N(C)CCc1cccs1.I. The number of halogens is 1. The van der Waals surface area contributed by atoms with E-state index in [0.717, 1.165) is 31.0 Å². The number of likely N-dealkylation sites (N-methyl/N-ethyl adjacent to an activating group) is 1. The molecule has 1 aromatic heterocycles. The van der Waals surface area contributed by atoms with Crippen molar-refractivity contribution in [2.24, 2.45) is 4.99 Å². The summed E-state index contributed by atoms with van der Waals surface area (Å²) >= 11 is 1.79. The predicted octanol–water partition coefficient (Wildman–Crippen LogP) is 3.75. The molecule has 0 fully saturated rings. The molecule has 0 aliphatic heterocycles. The maximum atomic E-state index is 12.2. The lowest BCUT2D eigenvalue weighted by atomic mass is 10.2. The van der Waals surface area contributed by atoms with Crippen molar-refractivity contribution in [3.8, 4) is 0 Å². The summed E-state index contributed by atoms with van der Waals surface area (Å²) in [6.07, 6.45) is 1.01. The average molecular weight is 505 g/mol. The van der Waals surface area contributed by atoms with Crippen LogP contribution in [0.1, 0.15) is 17.4 Å². The van der Waals surface area contributed by atoms with Gasteiger partial charge in [0, 0.05) is 47.3 Å². The Balaban J connectivity index is 0.00000338. The van der Waals surface area contributed by atoms with Crippen LogP contribution in [0.4, 0.5) is 0 Å². The number of thiophene rings is 1. The molecule has 1 atom stereocenters. The van der Waals surface area contributed by atoms with Crippen molar-refractivity contribution < 1.29 is 4.21 Å². The van der Waals surface area contributed by atoms with Crippen LogP contribution in [-0.4, -0.2) is 47.5 Å². The van der Waals surface area contributed by atoms with Crippen LogP contribution < -0.4 is 5.32 Å². The van der Waals surface area contributed by atoms with Gasteiger partial charge >= 0.3 is 0 Å². The molecule has 0 aliphatic rings. The van der Waals surface area contributed by atoms with Gasteiger partial charge in [-0.15, -0.1) is 35.3 Å². The zero-order chi connectivity index (χ0) is 17.9. The Hall–Kier alpha value is -0.930. The highest BCUT2D eigenvalue weighted by Gasteiger charge is 2.07. The molecule has 144 valence electrons. The molecule has 2 aromatic rings. The van der Waals surface area contributed by atoms with Gasteiger partial charge in [-0.25, -0.2) is 0 Å². The van der Waals surface area contributed by atoms with Crippen molar-refractivity contribution in [1.29, 1.82) is 0 Å². The molecule has 0 saturated carbocycles. The van der Waals surface area contributed by atoms with Crippen molar-refractivity contribution in [1.82, 2.24) is 10.2 Å². The van der Waals surface area contributed by atoms with Gasteiger partial charge in [0.15, 0.2) is 5.96 Å². The fourth-order valence-corrected chi connectivity index (χ4v) is 4.10. The number of nitrogens with zero attached hydrogens (tertiary/aromatic N) is 2. The summed E-state index contributed by atoms with van der Waals surface area (Å²) in [5.41, 5.74) is 1.12. The molecule has 0 spiro atoms. The first kappa shape index (κ1) is 23.1. The summed E-state index contributed by atoms with van der Waals surface area (Å²) < 4.78 is 12.2. The van der Waals surface area contributed by atoms with Gasteiger partial charge in [-0.2, -0.15) is 0 Å². The lowest BCUT2D eigenvalue weighted by Gasteiger charge is -2.21. The first-order valence-corrected chi connectivity index (χ1v) is 11.0. The second kappa shape index (κ2) is 13.3. The third-order valence-corrected chi connectivity index (χ3v) is 5.95. The normalized spacial score (nSPS) is 12.3. The molecule has 4 nitrogen and oxygen atoms in total. The number of rotatable bonds is 9. The Morgan fingerprint density at radius 3 is 2.65 bits per heavy atom. The third-order valence-electron chi connectivity index (χ3n) is 3.72. The molecule has 2 rings (SSSR count). The van der Waals surface area contributed by atoms with Crippen molar-refractivity contribution in [3.05, 3.63) is 58.3 Å². The Morgan fingerprint density at radius 1 is 1.23 bits per heavy atom. The van der Waals surface area contributed by atoms with E-state index >= 15 is 0 Å². The van der Waals surface area contributed by atoms with Gasteiger partial charge in [-0.05, 0) is 30.4 Å². The number of guanidine groups is 1. The Kier molecular flexibility index (Phi) is 11.8. The zero-order valence-electron chi connectivity index (χ0n) is 15.4. The minimum Gasteiger partial charge on any atom is -0.357 e. The van der Waals surface area contributed by atoms with Crippen molar-refractivity contribution in [2.45, 2.75) is 19.1 Å². The summed E-state index contributed by atoms with van der Waals surface area (Å²) in [6, 6.07) is 14.2. The Labute approximate surface area is 180 Å². The van der Waals surface area contributed by atoms with E-state index in [0.29, 0.717) is 18.1 Å². The minimum atomic E-state index is -0.884. The molecule has 0 saturated heterocycles. The Morgan fingerprint density at radius 2 is 2.00 bits per heavy atom. The van der Waals surface area contributed by atoms with E-state index in [9.17, 15) is 4.21 Å². The first-order valence-electron chi connectivity index (χ1n) is 8.59. The number of hydrogen-bond donors (Lipinski definition) is 1. The lowest BCUT2D eigenvalue weighted by molar-refractivity contribution is 0.487. The number of hydrogen-bond acceptors (Lipinski definition) is 3. The minimum absolute atomic E-state index is 0. The van der Waals surface area contributed by atoms with Crippen LogP contribution in [0.15, 0.2) is 52.8 Å². The highest BCUT2D eigenvalue weighted by atomic mass is 127. The first-order chi connectivity index (χ1) is 12.2. The molecular weight excluding hydrogens is 477 g/mol. The molecular formula is C19H28IN3OS2. The van der Waals surface area contributed by atoms with Crippen molar-refractivity contribution in [3.63, 3.8) is 0 Å². The zero-order valence-corrected chi connectivity index (χ0v) is 19.4. The summed E-state index contributed by atoms with van der Waals surface area (Å²) in [6.45, 7) is 4.38. The van der Waals surface area contributed by atoms with E-state index in [1.165, 1.54) is 4.88 Å². The summed E-state index contributed by atoms with van der Waals surface area (Å²) in [4.78, 5) is 8.16. The fraction of sp³-hybridized carbons (Fsp3) is 0.421. The van der Waals surface area contributed by atoms with Gasteiger partial charge in [-0.3, -0.25) is 9.20 Å². The molecule has 1 N–H and O–H groups in total. The van der Waals surface area contributed by atoms with Gasteiger partial charge in [0.2, 0.25) is 0 Å². The molecule has 0 aliphatic carbocycles. The van der Waals surface area contributed by atoms with E-state index in [1.54, 1.807) is 11.3 Å². The third kappa shape index (κ3) is 8.64. The molecule has 1 unspecified atom stereocenters. The molecule has 1 heterocycles. The van der Waals surface area contributed by atoms with Crippen molar-refractivity contribution in [2.75, 3.05) is 32.4 Å². The van der Waals surface area contributed by atoms with Gasteiger partial charge in [0.1, 0.15) is 0 Å². The maximum Gasteiger partial charge on any atom is 0.193 e. The largest absolute Gasteiger partial charge is 0.357 e. The number of aliphatic imine (C=N–C) groups is 1. The van der Waals surface area contributed by atoms with Crippen LogP contribution in [-0.2, 0) is 23.0 Å². The number of nitrogens with one attached hydrogen (secondary N) is 1. The van der Waals surface area contributed by atoms with E-state index in [-0.39, 0.29) is 24.0 Å². The second-order valence-electron chi connectivity index (χ2n) is 5.76. The van der Waals surface area contributed by atoms with E-state index < -0.39 is 10.8 Å².